The van der Waals surface area contributed by atoms with Gasteiger partial charge in [-0.15, -0.1) is 0 Å². The molecular weight excluding hydrogens is 254 g/mol. The Morgan fingerprint density at radius 2 is 2.20 bits per heavy atom. The third kappa shape index (κ3) is 4.00. The summed E-state index contributed by atoms with van der Waals surface area (Å²) in [6, 6.07) is 4.12. The van der Waals surface area contributed by atoms with Crippen LogP contribution in [0.5, 0.6) is 5.88 Å². The quantitative estimate of drug-likeness (QED) is 0.838. The highest BCUT2D eigenvalue weighted by Gasteiger charge is 2.20. The van der Waals surface area contributed by atoms with Gasteiger partial charge in [0, 0.05) is 19.3 Å². The van der Waals surface area contributed by atoms with Gasteiger partial charge in [0.05, 0.1) is 12.3 Å². The van der Waals surface area contributed by atoms with Crippen molar-refractivity contribution < 1.29 is 9.47 Å². The van der Waals surface area contributed by atoms with Crippen molar-refractivity contribution in [2.75, 3.05) is 30.9 Å². The number of pyridine rings is 1. The molecule has 0 bridgehead atoms. The average molecular weight is 279 g/mol. The van der Waals surface area contributed by atoms with Gasteiger partial charge < -0.3 is 20.5 Å². The van der Waals surface area contributed by atoms with Gasteiger partial charge in [-0.1, -0.05) is 6.92 Å². The number of nitrogens with zero attached hydrogens (tertiary/aromatic N) is 1. The van der Waals surface area contributed by atoms with Crippen molar-refractivity contribution in [1.29, 1.82) is 0 Å². The van der Waals surface area contributed by atoms with Crippen molar-refractivity contribution >= 4 is 11.5 Å². The lowest BCUT2D eigenvalue weighted by Crippen LogP contribution is -2.31. The van der Waals surface area contributed by atoms with Crippen molar-refractivity contribution in [3.63, 3.8) is 0 Å². The van der Waals surface area contributed by atoms with Gasteiger partial charge in [0.2, 0.25) is 5.88 Å². The number of ether oxygens (including phenoxy) is 2. The lowest BCUT2D eigenvalue weighted by molar-refractivity contribution is 0.0622. The molecule has 1 saturated heterocycles. The van der Waals surface area contributed by atoms with E-state index in [-0.39, 0.29) is 0 Å². The average Bonchev–Trinajstić information content (AvgIpc) is 2.48. The van der Waals surface area contributed by atoms with E-state index >= 15 is 0 Å². The molecule has 1 aromatic heterocycles. The summed E-state index contributed by atoms with van der Waals surface area (Å²) in [5.41, 5.74) is 6.46. The number of nitrogens with one attached hydrogen (secondary N) is 1. The summed E-state index contributed by atoms with van der Waals surface area (Å²) in [6.45, 7) is 6.61. The van der Waals surface area contributed by atoms with Crippen LogP contribution in [0.4, 0.5) is 11.5 Å². The van der Waals surface area contributed by atoms with Crippen LogP contribution in [-0.2, 0) is 4.74 Å². The Bertz CT molecular complexity index is 420. The highest BCUT2D eigenvalue weighted by molar-refractivity contribution is 5.53. The molecule has 0 aliphatic carbocycles. The van der Waals surface area contributed by atoms with Gasteiger partial charge in [0.1, 0.15) is 5.82 Å². The van der Waals surface area contributed by atoms with Gasteiger partial charge in [-0.25, -0.2) is 0 Å². The fourth-order valence-electron chi connectivity index (χ4n) is 2.41. The van der Waals surface area contributed by atoms with Gasteiger partial charge >= 0.3 is 0 Å². The Kier molecular flexibility index (Phi) is 5.47. The number of rotatable bonds is 6. The molecule has 5 nitrogen and oxygen atoms in total. The van der Waals surface area contributed by atoms with E-state index in [4.69, 9.17) is 15.2 Å². The molecule has 1 aliphatic rings. The molecule has 0 saturated carbocycles. The van der Waals surface area contributed by atoms with E-state index < -0.39 is 0 Å². The second-order valence-corrected chi connectivity index (χ2v) is 5.32. The topological polar surface area (TPSA) is 69.4 Å². The number of aromatic nitrogens is 1. The second-order valence-electron chi connectivity index (χ2n) is 5.32. The minimum absolute atomic E-state index is 0.369. The zero-order valence-corrected chi connectivity index (χ0v) is 12.4. The molecule has 5 heteroatoms. The molecule has 0 radical (unpaired) electrons. The molecular formula is C15H25N3O2. The summed E-state index contributed by atoms with van der Waals surface area (Å²) in [6.07, 6.45) is 3.14. The Balaban J connectivity index is 1.97. The highest BCUT2D eigenvalue weighted by atomic mass is 16.5. The van der Waals surface area contributed by atoms with E-state index in [0.29, 0.717) is 30.1 Å². The van der Waals surface area contributed by atoms with Crippen LogP contribution in [0.3, 0.4) is 0 Å². The van der Waals surface area contributed by atoms with Gasteiger partial charge in [-0.3, -0.25) is 0 Å². The molecule has 1 aliphatic heterocycles. The smallest absolute Gasteiger partial charge is 0.239 e. The summed E-state index contributed by atoms with van der Waals surface area (Å²) in [5, 5.41) is 3.45. The van der Waals surface area contributed by atoms with Crippen molar-refractivity contribution in [3.8, 4) is 5.88 Å². The van der Waals surface area contributed by atoms with Crippen LogP contribution in [0.2, 0.25) is 0 Å². The predicted octanol–water partition coefficient (Wildman–Crippen LogP) is 2.68. The van der Waals surface area contributed by atoms with E-state index in [1.165, 1.54) is 0 Å². The van der Waals surface area contributed by atoms with Gasteiger partial charge in [-0.2, -0.15) is 4.98 Å². The van der Waals surface area contributed by atoms with Crippen molar-refractivity contribution in [3.05, 3.63) is 12.1 Å². The first-order valence-electron chi connectivity index (χ1n) is 7.44. The fraction of sp³-hybridized carbons (Fsp3) is 0.667. The van der Waals surface area contributed by atoms with Crippen LogP contribution in [-0.4, -0.2) is 30.8 Å². The molecule has 1 aromatic rings. The summed E-state index contributed by atoms with van der Waals surface area (Å²) in [4.78, 5) is 4.46. The van der Waals surface area contributed by atoms with Crippen LogP contribution in [0.15, 0.2) is 12.1 Å². The highest BCUT2D eigenvalue weighted by Crippen LogP contribution is 2.24. The zero-order chi connectivity index (χ0) is 14.4. The number of hydrogen-bond acceptors (Lipinski definition) is 5. The van der Waals surface area contributed by atoms with E-state index in [9.17, 15) is 0 Å². The molecule has 112 valence electrons. The van der Waals surface area contributed by atoms with E-state index in [2.05, 4.69) is 24.1 Å². The number of nitrogens with two attached hydrogens (primary N) is 1. The van der Waals surface area contributed by atoms with Crippen LogP contribution in [0.25, 0.3) is 0 Å². The minimum atomic E-state index is 0.369. The van der Waals surface area contributed by atoms with Gasteiger partial charge in [0.25, 0.3) is 0 Å². The maximum absolute atomic E-state index is 5.87. The van der Waals surface area contributed by atoms with Crippen molar-refractivity contribution in [2.24, 2.45) is 5.92 Å². The molecule has 2 heterocycles. The summed E-state index contributed by atoms with van der Waals surface area (Å²) < 4.78 is 11.0. The second kappa shape index (κ2) is 7.33. The molecule has 0 amide bonds. The standard InChI is InChI=1S/C15H25N3O2/c1-3-8-20-15-13(16)4-5-14(18-15)17-11(2)12-6-9-19-10-7-12/h4-5,11-12H,3,6-10,16H2,1-2H3,(H,17,18). The fourth-order valence-corrected chi connectivity index (χ4v) is 2.41. The van der Waals surface area contributed by atoms with E-state index in [1.54, 1.807) is 0 Å². The lowest BCUT2D eigenvalue weighted by Gasteiger charge is -2.28. The van der Waals surface area contributed by atoms with E-state index in [1.807, 2.05) is 12.1 Å². The molecule has 1 atom stereocenters. The molecule has 0 aromatic carbocycles. The van der Waals surface area contributed by atoms with E-state index in [0.717, 1.165) is 38.3 Å². The lowest BCUT2D eigenvalue weighted by atomic mass is 9.93. The third-order valence-corrected chi connectivity index (χ3v) is 3.68. The monoisotopic (exact) mass is 279 g/mol. The van der Waals surface area contributed by atoms with Crippen LogP contribution < -0.4 is 15.8 Å². The normalized spacial score (nSPS) is 17.7. The van der Waals surface area contributed by atoms with Gasteiger partial charge in [0.15, 0.2) is 0 Å². The van der Waals surface area contributed by atoms with Crippen molar-refractivity contribution in [2.45, 2.75) is 39.2 Å². The van der Waals surface area contributed by atoms with Gasteiger partial charge in [-0.05, 0) is 44.2 Å². The molecule has 0 spiro atoms. The largest absolute Gasteiger partial charge is 0.476 e. The first-order chi connectivity index (χ1) is 9.70. The number of nitrogen functional groups attached to an aromatic ring is 1. The molecule has 3 N–H and O–H groups in total. The summed E-state index contributed by atoms with van der Waals surface area (Å²) >= 11 is 0. The molecule has 1 unspecified atom stereocenters. The summed E-state index contributed by atoms with van der Waals surface area (Å²) in [7, 11) is 0. The Morgan fingerprint density at radius 1 is 1.45 bits per heavy atom. The first-order valence-corrected chi connectivity index (χ1v) is 7.44. The number of hydrogen-bond donors (Lipinski definition) is 2. The van der Waals surface area contributed by atoms with Crippen LogP contribution in [0, 0.1) is 5.92 Å². The maximum Gasteiger partial charge on any atom is 0.239 e. The van der Waals surface area contributed by atoms with Crippen molar-refractivity contribution in [1.82, 2.24) is 4.98 Å². The molecule has 2 rings (SSSR count). The Hall–Kier alpha value is -1.49. The molecule has 20 heavy (non-hydrogen) atoms. The Labute approximate surface area is 120 Å². The SMILES string of the molecule is CCCOc1nc(NC(C)C2CCOCC2)ccc1N. The van der Waals surface area contributed by atoms with Crippen LogP contribution >= 0.6 is 0 Å². The minimum Gasteiger partial charge on any atom is -0.476 e. The first kappa shape index (κ1) is 14.9. The summed E-state index contributed by atoms with van der Waals surface area (Å²) in [5.74, 6) is 1.98. The predicted molar refractivity (Wildman–Crippen MR) is 81.1 cm³/mol. The Morgan fingerprint density at radius 3 is 2.90 bits per heavy atom. The number of anilines is 2. The van der Waals surface area contributed by atoms with Crippen LogP contribution in [0.1, 0.15) is 33.1 Å². The maximum atomic E-state index is 5.87. The molecule has 1 fully saturated rings. The third-order valence-electron chi connectivity index (χ3n) is 3.68. The zero-order valence-electron chi connectivity index (χ0n) is 12.4.